The maximum Gasteiger partial charge on any atom is 0.188 e. The fraction of sp³-hybridized carbons (Fsp3) is 0.533. The summed E-state index contributed by atoms with van der Waals surface area (Å²) in [7, 11) is 4.06. The molecule has 0 aliphatic heterocycles. The highest BCUT2D eigenvalue weighted by Crippen LogP contribution is 2.13. The first-order valence-corrected chi connectivity index (χ1v) is 6.79. The van der Waals surface area contributed by atoms with Crippen LogP contribution in [0.15, 0.2) is 29.3 Å². The Labute approximate surface area is 139 Å². The Morgan fingerprint density at radius 2 is 2.05 bits per heavy atom. The number of nitrogens with two attached hydrogens (primary N) is 1. The molecule has 1 rings (SSSR count). The van der Waals surface area contributed by atoms with Gasteiger partial charge >= 0.3 is 0 Å². The van der Waals surface area contributed by atoms with E-state index in [1.165, 1.54) is 11.3 Å². The molecule has 0 radical (unpaired) electrons. The maximum absolute atomic E-state index is 5.83. The molecule has 3 N–H and O–H groups in total. The van der Waals surface area contributed by atoms with Crippen molar-refractivity contribution in [1.29, 1.82) is 0 Å². The van der Waals surface area contributed by atoms with Gasteiger partial charge in [-0.1, -0.05) is 26.0 Å². The van der Waals surface area contributed by atoms with Crippen LogP contribution in [0.5, 0.6) is 0 Å². The SMILES string of the molecule is CC(C)CCNC(N)=NCc1cccc(N(C)C)c1.I. The maximum atomic E-state index is 5.83. The predicted molar refractivity (Wildman–Crippen MR) is 99.0 cm³/mol. The lowest BCUT2D eigenvalue weighted by atomic mass is 10.1. The summed E-state index contributed by atoms with van der Waals surface area (Å²) in [6, 6.07) is 8.32. The van der Waals surface area contributed by atoms with Crippen LogP contribution in [0.2, 0.25) is 0 Å². The van der Waals surface area contributed by atoms with E-state index in [0.717, 1.165) is 13.0 Å². The number of halogens is 1. The van der Waals surface area contributed by atoms with Gasteiger partial charge in [0.05, 0.1) is 6.54 Å². The van der Waals surface area contributed by atoms with Gasteiger partial charge in [-0.25, -0.2) is 4.99 Å². The summed E-state index contributed by atoms with van der Waals surface area (Å²) in [5.41, 5.74) is 8.18. The zero-order valence-electron chi connectivity index (χ0n) is 12.9. The molecule has 0 atom stereocenters. The Kier molecular flexibility index (Phi) is 9.37. The van der Waals surface area contributed by atoms with Crippen molar-refractivity contribution < 1.29 is 0 Å². The van der Waals surface area contributed by atoms with Crippen LogP contribution in [-0.4, -0.2) is 26.6 Å². The van der Waals surface area contributed by atoms with E-state index in [-0.39, 0.29) is 24.0 Å². The zero-order chi connectivity index (χ0) is 14.3. The number of nitrogens with zero attached hydrogens (tertiary/aromatic N) is 2. The van der Waals surface area contributed by atoms with Gasteiger partial charge in [-0.3, -0.25) is 0 Å². The van der Waals surface area contributed by atoms with Gasteiger partial charge in [-0.15, -0.1) is 24.0 Å². The highest BCUT2D eigenvalue weighted by molar-refractivity contribution is 14.0. The van der Waals surface area contributed by atoms with E-state index in [0.29, 0.717) is 18.4 Å². The quantitative estimate of drug-likeness (QED) is 0.446. The molecule has 0 heterocycles. The molecule has 0 fully saturated rings. The number of rotatable bonds is 6. The van der Waals surface area contributed by atoms with Crippen molar-refractivity contribution in [3.8, 4) is 0 Å². The number of hydrogen-bond donors (Lipinski definition) is 2. The standard InChI is InChI=1S/C15H26N4.HI/c1-12(2)8-9-17-15(16)18-11-13-6-5-7-14(10-13)19(3)4;/h5-7,10,12H,8-9,11H2,1-4H3,(H3,16,17,18);1H. The van der Waals surface area contributed by atoms with Crippen LogP contribution < -0.4 is 16.0 Å². The molecular formula is C15H27IN4. The molecule has 0 aliphatic rings. The van der Waals surface area contributed by atoms with E-state index in [9.17, 15) is 0 Å². The molecule has 1 aromatic rings. The van der Waals surface area contributed by atoms with Crippen molar-refractivity contribution in [2.45, 2.75) is 26.8 Å². The molecule has 0 spiro atoms. The molecule has 114 valence electrons. The summed E-state index contributed by atoms with van der Waals surface area (Å²) in [6.07, 6.45) is 1.10. The number of guanidine groups is 1. The summed E-state index contributed by atoms with van der Waals surface area (Å²) in [5, 5.41) is 3.14. The van der Waals surface area contributed by atoms with Gasteiger partial charge in [0.2, 0.25) is 0 Å². The minimum Gasteiger partial charge on any atom is -0.378 e. The highest BCUT2D eigenvalue weighted by atomic mass is 127. The lowest BCUT2D eigenvalue weighted by Gasteiger charge is -2.13. The highest BCUT2D eigenvalue weighted by Gasteiger charge is 1.98. The molecule has 0 amide bonds. The molecule has 1 aromatic carbocycles. The van der Waals surface area contributed by atoms with Gasteiger partial charge in [0.25, 0.3) is 0 Å². The third kappa shape index (κ3) is 7.57. The van der Waals surface area contributed by atoms with Crippen LogP contribution in [0.1, 0.15) is 25.8 Å². The third-order valence-corrected chi connectivity index (χ3v) is 2.89. The van der Waals surface area contributed by atoms with Crippen LogP contribution in [-0.2, 0) is 6.54 Å². The summed E-state index contributed by atoms with van der Waals surface area (Å²) in [6.45, 7) is 5.89. The van der Waals surface area contributed by atoms with E-state index in [1.54, 1.807) is 0 Å². The molecular weight excluding hydrogens is 363 g/mol. The first kappa shape index (κ1) is 19.0. The minimum atomic E-state index is 0. The monoisotopic (exact) mass is 390 g/mol. The zero-order valence-corrected chi connectivity index (χ0v) is 15.2. The molecule has 0 aromatic heterocycles. The van der Waals surface area contributed by atoms with Crippen LogP contribution >= 0.6 is 24.0 Å². The predicted octanol–water partition coefficient (Wildman–Crippen LogP) is 2.82. The Balaban J connectivity index is 0.00000361. The van der Waals surface area contributed by atoms with Gasteiger partial charge in [0, 0.05) is 26.3 Å². The van der Waals surface area contributed by atoms with Crippen molar-refractivity contribution in [2.75, 3.05) is 25.5 Å². The van der Waals surface area contributed by atoms with E-state index in [1.807, 2.05) is 20.2 Å². The molecule has 0 bridgehead atoms. The van der Waals surface area contributed by atoms with Crippen molar-refractivity contribution in [3.63, 3.8) is 0 Å². The Hall–Kier alpha value is -0.980. The van der Waals surface area contributed by atoms with Crippen LogP contribution in [0, 0.1) is 5.92 Å². The van der Waals surface area contributed by atoms with Gasteiger partial charge in [0.1, 0.15) is 0 Å². The second kappa shape index (κ2) is 9.85. The van der Waals surface area contributed by atoms with E-state index in [4.69, 9.17) is 5.73 Å². The smallest absolute Gasteiger partial charge is 0.188 e. The summed E-state index contributed by atoms with van der Waals surface area (Å²) in [4.78, 5) is 6.44. The molecule has 4 nitrogen and oxygen atoms in total. The molecule has 0 saturated heterocycles. The van der Waals surface area contributed by atoms with Crippen LogP contribution in [0.25, 0.3) is 0 Å². The van der Waals surface area contributed by atoms with Gasteiger partial charge in [0.15, 0.2) is 5.96 Å². The summed E-state index contributed by atoms with van der Waals surface area (Å²) >= 11 is 0. The van der Waals surface area contributed by atoms with Gasteiger partial charge < -0.3 is 16.0 Å². The lowest BCUT2D eigenvalue weighted by molar-refractivity contribution is 0.576. The molecule has 0 saturated carbocycles. The lowest BCUT2D eigenvalue weighted by Crippen LogP contribution is -2.32. The summed E-state index contributed by atoms with van der Waals surface area (Å²) < 4.78 is 0. The van der Waals surface area contributed by atoms with Crippen molar-refractivity contribution in [2.24, 2.45) is 16.6 Å². The second-order valence-corrected chi connectivity index (χ2v) is 5.38. The number of anilines is 1. The summed E-state index contributed by atoms with van der Waals surface area (Å²) in [5.74, 6) is 1.20. The Morgan fingerprint density at radius 1 is 1.35 bits per heavy atom. The second-order valence-electron chi connectivity index (χ2n) is 5.38. The number of hydrogen-bond acceptors (Lipinski definition) is 2. The minimum absolute atomic E-state index is 0. The van der Waals surface area contributed by atoms with Crippen LogP contribution in [0.4, 0.5) is 5.69 Å². The largest absolute Gasteiger partial charge is 0.378 e. The van der Waals surface area contributed by atoms with Crippen molar-refractivity contribution in [1.82, 2.24) is 5.32 Å². The molecule has 20 heavy (non-hydrogen) atoms. The van der Waals surface area contributed by atoms with E-state index >= 15 is 0 Å². The first-order chi connectivity index (χ1) is 8.99. The number of nitrogens with one attached hydrogen (secondary N) is 1. The molecule has 0 aliphatic carbocycles. The van der Waals surface area contributed by atoms with Gasteiger partial charge in [-0.05, 0) is 30.0 Å². The van der Waals surface area contributed by atoms with E-state index < -0.39 is 0 Å². The molecule has 5 heteroatoms. The van der Waals surface area contributed by atoms with Crippen molar-refractivity contribution in [3.05, 3.63) is 29.8 Å². The number of aliphatic imine (C=N–C) groups is 1. The normalized spacial score (nSPS) is 11.2. The van der Waals surface area contributed by atoms with Gasteiger partial charge in [-0.2, -0.15) is 0 Å². The average Bonchev–Trinajstić information content (AvgIpc) is 2.36. The van der Waals surface area contributed by atoms with Crippen LogP contribution in [0.3, 0.4) is 0 Å². The topological polar surface area (TPSA) is 53.6 Å². The first-order valence-electron chi connectivity index (χ1n) is 6.79. The Bertz CT molecular complexity index is 416. The fourth-order valence-electron chi connectivity index (χ4n) is 1.65. The van der Waals surface area contributed by atoms with Crippen molar-refractivity contribution >= 4 is 35.6 Å². The Morgan fingerprint density at radius 3 is 2.65 bits per heavy atom. The number of benzene rings is 1. The van der Waals surface area contributed by atoms with E-state index in [2.05, 4.69) is 47.3 Å². The fourth-order valence-corrected chi connectivity index (χ4v) is 1.65. The average molecular weight is 390 g/mol. The molecule has 0 unspecified atom stereocenters. The third-order valence-electron chi connectivity index (χ3n) is 2.89.